The van der Waals surface area contributed by atoms with Crippen molar-refractivity contribution in [1.82, 2.24) is 0 Å². The van der Waals surface area contributed by atoms with Crippen molar-refractivity contribution in [3.05, 3.63) is 23.8 Å². The van der Waals surface area contributed by atoms with Gasteiger partial charge in [-0.1, -0.05) is 44.4 Å². The highest BCUT2D eigenvalue weighted by molar-refractivity contribution is 5.90. The zero-order valence-electron chi connectivity index (χ0n) is 9.62. The lowest BCUT2D eigenvalue weighted by molar-refractivity contribution is -0.132. The van der Waals surface area contributed by atoms with Crippen LogP contribution in [-0.4, -0.2) is 11.1 Å². The number of carbonyl (C=O) groups is 1. The van der Waals surface area contributed by atoms with E-state index < -0.39 is 11.9 Å². The first kappa shape index (κ1) is 9.50. The van der Waals surface area contributed by atoms with E-state index in [1.54, 1.807) is 18.2 Å². The lowest BCUT2D eigenvalue weighted by atomic mass is 9.92. The Labute approximate surface area is 86.7 Å². The topological polar surface area (TPSA) is 37.3 Å². The van der Waals surface area contributed by atoms with Gasteiger partial charge in [-0.25, -0.2) is 4.79 Å². The molecule has 0 bridgehead atoms. The maximum absolute atomic E-state index is 10.6. The molecule has 1 unspecified atom stereocenters. The number of carboxylic acid groups (broad SMARTS) is 1. The summed E-state index contributed by atoms with van der Waals surface area (Å²) >= 11 is 0. The number of aliphatic carboxylic acids is 1. The van der Waals surface area contributed by atoms with Gasteiger partial charge in [0.05, 0.1) is 5.57 Å². The molecule has 0 saturated heterocycles. The molecule has 1 N–H and O–H groups in total. The quantitative estimate of drug-likeness (QED) is 0.684. The van der Waals surface area contributed by atoms with Gasteiger partial charge in [0, 0.05) is 1.37 Å². The largest absolute Gasteiger partial charge is 0.478 e. The fourth-order valence-corrected chi connectivity index (χ4v) is 1.53. The van der Waals surface area contributed by atoms with Gasteiger partial charge < -0.3 is 5.11 Å². The monoisotopic (exact) mass is 195 g/mol. The van der Waals surface area contributed by atoms with Gasteiger partial charge in [-0.3, -0.25) is 0 Å². The molecule has 0 saturated carbocycles. The number of hydrogen-bond donors (Lipinski definition) is 1. The van der Waals surface area contributed by atoms with E-state index in [4.69, 9.17) is 6.48 Å². The van der Waals surface area contributed by atoms with Gasteiger partial charge in [-0.15, -0.1) is 0 Å². The molecule has 2 nitrogen and oxygen atoms in total. The Morgan fingerprint density at radius 2 is 2.50 bits per heavy atom. The van der Waals surface area contributed by atoms with E-state index >= 15 is 0 Å². The van der Waals surface area contributed by atoms with E-state index in [-0.39, 0.29) is 0 Å². The number of rotatable bonds is 5. The van der Waals surface area contributed by atoms with E-state index in [0.717, 1.165) is 25.7 Å². The normalized spacial score (nSPS) is 26.9. The van der Waals surface area contributed by atoms with Crippen molar-refractivity contribution in [3.8, 4) is 0 Å². The van der Waals surface area contributed by atoms with E-state index in [0.29, 0.717) is 12.0 Å². The van der Waals surface area contributed by atoms with Gasteiger partial charge in [0.2, 0.25) is 0 Å². The molecule has 1 rings (SSSR count). The summed E-state index contributed by atoms with van der Waals surface area (Å²) in [6.45, 7) is 2.13. The van der Waals surface area contributed by atoms with Crippen LogP contribution in [-0.2, 0) is 4.79 Å². The van der Waals surface area contributed by atoms with Crippen molar-refractivity contribution in [2.75, 3.05) is 0 Å². The fourth-order valence-electron chi connectivity index (χ4n) is 1.53. The average molecular weight is 195 g/mol. The summed E-state index contributed by atoms with van der Waals surface area (Å²) in [5.74, 6) is -1.48. The maximum Gasteiger partial charge on any atom is 0.335 e. The van der Waals surface area contributed by atoms with Gasteiger partial charge in [0.15, 0.2) is 0 Å². The number of hydrogen-bond acceptors (Lipinski definition) is 1. The summed E-state index contributed by atoms with van der Waals surface area (Å²) < 4.78 is 8.11. The Hall–Kier alpha value is -1.05. The molecule has 0 amide bonds. The molecule has 1 aliphatic carbocycles. The van der Waals surface area contributed by atoms with Crippen LogP contribution in [0.25, 0.3) is 0 Å². The first-order chi connectivity index (χ1) is 7.07. The summed E-state index contributed by atoms with van der Waals surface area (Å²) in [4.78, 5) is 10.6. The van der Waals surface area contributed by atoms with Crippen molar-refractivity contribution >= 4 is 5.97 Å². The molecule has 0 fully saturated rings. The number of allylic oxidation sites excluding steroid dienone is 2. The molecule has 0 heterocycles. The Bertz CT molecular complexity index is 294. The molecular weight excluding hydrogens is 176 g/mol. The van der Waals surface area contributed by atoms with E-state index in [2.05, 4.69) is 6.92 Å². The van der Waals surface area contributed by atoms with Crippen molar-refractivity contribution in [1.29, 1.82) is 0 Å². The zero-order chi connectivity index (χ0) is 11.3. The molecule has 1 atom stereocenters. The molecular formula is C12H18O2. The van der Waals surface area contributed by atoms with Gasteiger partial charge in [0.25, 0.3) is 0 Å². The molecule has 0 radical (unpaired) electrons. The molecule has 78 valence electrons. The molecule has 0 aromatic heterocycles. The highest BCUT2D eigenvalue weighted by Crippen LogP contribution is 2.21. The molecule has 0 aliphatic heterocycles. The second-order valence-corrected chi connectivity index (χ2v) is 3.62. The SMILES string of the molecule is [2H]C1(CCCCC)C=CC(C(=O)O)=CC1. The van der Waals surface area contributed by atoms with Gasteiger partial charge in [-0.2, -0.15) is 0 Å². The predicted octanol–water partition coefficient (Wildman–Crippen LogP) is 3.15. The van der Waals surface area contributed by atoms with E-state index in [1.807, 2.05) is 0 Å². The Morgan fingerprint density at radius 1 is 1.71 bits per heavy atom. The van der Waals surface area contributed by atoms with Crippen molar-refractivity contribution in [3.63, 3.8) is 0 Å². The van der Waals surface area contributed by atoms with Crippen LogP contribution in [0, 0.1) is 5.89 Å². The van der Waals surface area contributed by atoms with Gasteiger partial charge in [-0.05, 0) is 18.7 Å². The van der Waals surface area contributed by atoms with Crippen LogP contribution >= 0.6 is 0 Å². The molecule has 2 heteroatoms. The van der Waals surface area contributed by atoms with Crippen LogP contribution in [0.4, 0.5) is 0 Å². The Balaban J connectivity index is 2.48. The summed E-state index contributed by atoms with van der Waals surface area (Å²) in [7, 11) is 0. The van der Waals surface area contributed by atoms with Crippen molar-refractivity contribution in [2.45, 2.75) is 39.0 Å². The minimum atomic E-state index is -0.901. The average Bonchev–Trinajstić information content (AvgIpc) is 2.18. The highest BCUT2D eigenvalue weighted by Gasteiger charge is 2.11. The fraction of sp³-hybridized carbons (Fsp3) is 0.583. The van der Waals surface area contributed by atoms with Crippen molar-refractivity contribution < 1.29 is 11.3 Å². The van der Waals surface area contributed by atoms with E-state index in [9.17, 15) is 4.79 Å². The number of unbranched alkanes of at least 4 members (excludes halogenated alkanes) is 2. The maximum atomic E-state index is 10.6. The first-order valence-electron chi connectivity index (χ1n) is 5.70. The molecule has 14 heavy (non-hydrogen) atoms. The lowest BCUT2D eigenvalue weighted by Crippen LogP contribution is -2.05. The van der Waals surface area contributed by atoms with Crippen LogP contribution in [0.15, 0.2) is 23.8 Å². The minimum Gasteiger partial charge on any atom is -0.478 e. The van der Waals surface area contributed by atoms with Crippen molar-refractivity contribution in [2.24, 2.45) is 5.89 Å². The molecule has 1 aliphatic rings. The van der Waals surface area contributed by atoms with Gasteiger partial charge >= 0.3 is 5.97 Å². The number of carboxylic acids is 1. The summed E-state index contributed by atoms with van der Waals surface area (Å²) in [5.41, 5.74) is 0.313. The zero-order valence-corrected chi connectivity index (χ0v) is 8.62. The van der Waals surface area contributed by atoms with Crippen LogP contribution in [0.2, 0.25) is 0 Å². The van der Waals surface area contributed by atoms with Crippen LogP contribution in [0.5, 0.6) is 0 Å². The highest BCUT2D eigenvalue weighted by atomic mass is 16.4. The molecule has 0 aromatic rings. The third-order valence-corrected chi connectivity index (χ3v) is 2.43. The summed E-state index contributed by atoms with van der Waals surface area (Å²) in [6.07, 6.45) is 9.62. The third kappa shape index (κ3) is 3.36. The second-order valence-electron chi connectivity index (χ2n) is 3.62. The molecule has 0 spiro atoms. The minimum absolute atomic E-state index is 0.313. The van der Waals surface area contributed by atoms with Crippen LogP contribution < -0.4 is 0 Å². The standard InChI is InChI=1S/C12H18O2/c1-2-3-4-5-10-6-8-11(9-7-10)12(13)14/h6,8-10H,2-5,7H2,1H3,(H,13,14)/i10D. The van der Waals surface area contributed by atoms with Crippen LogP contribution in [0.1, 0.15) is 40.4 Å². The first-order valence-corrected chi connectivity index (χ1v) is 5.20. The lowest BCUT2D eigenvalue weighted by Gasteiger charge is -2.13. The summed E-state index contributed by atoms with van der Waals surface area (Å²) in [5, 5.41) is 8.74. The van der Waals surface area contributed by atoms with Crippen LogP contribution in [0.3, 0.4) is 0 Å². The summed E-state index contributed by atoms with van der Waals surface area (Å²) in [6, 6.07) is 0. The Morgan fingerprint density at radius 3 is 3.00 bits per heavy atom. The second kappa shape index (κ2) is 5.63. The predicted molar refractivity (Wildman–Crippen MR) is 57.1 cm³/mol. The van der Waals surface area contributed by atoms with Gasteiger partial charge in [0.1, 0.15) is 0 Å². The molecule has 0 aromatic carbocycles. The smallest absolute Gasteiger partial charge is 0.335 e. The third-order valence-electron chi connectivity index (χ3n) is 2.43. The van der Waals surface area contributed by atoms with E-state index in [1.165, 1.54) is 0 Å². The Kier molecular flexibility index (Phi) is 3.82.